The molecule has 3 aromatic rings. The molecule has 0 radical (unpaired) electrons. The minimum atomic E-state index is -0.0914. The average Bonchev–Trinajstić information content (AvgIpc) is 3.33. The summed E-state index contributed by atoms with van der Waals surface area (Å²) >= 11 is 0. The number of fused-ring (bicyclic) bond motifs is 1. The number of ketones is 1. The van der Waals surface area contributed by atoms with Crippen LogP contribution in [0.4, 0.5) is 0 Å². The van der Waals surface area contributed by atoms with Crippen LogP contribution in [-0.4, -0.2) is 20.3 Å². The Morgan fingerprint density at radius 1 is 1.24 bits per heavy atom. The summed E-state index contributed by atoms with van der Waals surface area (Å²) in [4.78, 5) is 31.3. The van der Waals surface area contributed by atoms with Gasteiger partial charge in [-0.05, 0) is 68.9 Å². The highest BCUT2D eigenvalue weighted by Gasteiger charge is 2.24. The minimum Gasteiger partial charge on any atom is -0.328 e. The fraction of sp³-hybridized carbons (Fsp3) is 0.350. The zero-order valence-electron chi connectivity index (χ0n) is 14.7. The van der Waals surface area contributed by atoms with E-state index in [-0.39, 0.29) is 11.3 Å². The summed E-state index contributed by atoms with van der Waals surface area (Å²) in [7, 11) is 0. The molecule has 0 amide bonds. The molecule has 1 aromatic carbocycles. The lowest BCUT2D eigenvalue weighted by Crippen LogP contribution is -2.08. The smallest absolute Gasteiger partial charge is 0.250 e. The molecule has 1 saturated carbocycles. The molecule has 5 nitrogen and oxygen atoms in total. The SMILES string of the molecule is CC(=O)c1cc(-c2c[nH]c(=O)c(C)c2)cc2c1nc(C)n2CC1CC1. The van der Waals surface area contributed by atoms with Crippen LogP contribution >= 0.6 is 0 Å². The Bertz CT molecular complexity index is 1050. The molecule has 0 spiro atoms. The molecule has 1 N–H and O–H groups in total. The summed E-state index contributed by atoms with van der Waals surface area (Å²) in [5.74, 6) is 1.67. The molecule has 1 aliphatic carbocycles. The molecule has 0 aliphatic heterocycles. The Morgan fingerprint density at radius 3 is 2.64 bits per heavy atom. The van der Waals surface area contributed by atoms with E-state index in [1.165, 1.54) is 12.8 Å². The number of hydrogen-bond acceptors (Lipinski definition) is 3. The second-order valence-corrected chi connectivity index (χ2v) is 7.06. The van der Waals surface area contributed by atoms with Gasteiger partial charge in [-0.25, -0.2) is 4.98 Å². The van der Waals surface area contributed by atoms with E-state index in [0.717, 1.165) is 40.4 Å². The van der Waals surface area contributed by atoms with E-state index in [4.69, 9.17) is 0 Å². The lowest BCUT2D eigenvalue weighted by atomic mass is 10.0. The van der Waals surface area contributed by atoms with Crippen molar-refractivity contribution in [2.45, 2.75) is 40.2 Å². The van der Waals surface area contributed by atoms with E-state index in [2.05, 4.69) is 20.6 Å². The van der Waals surface area contributed by atoms with Crippen LogP contribution in [0.15, 0.2) is 29.2 Å². The van der Waals surface area contributed by atoms with Crippen molar-refractivity contribution in [2.75, 3.05) is 0 Å². The zero-order valence-corrected chi connectivity index (χ0v) is 14.7. The van der Waals surface area contributed by atoms with Crippen molar-refractivity contribution >= 4 is 16.8 Å². The van der Waals surface area contributed by atoms with Gasteiger partial charge in [0.05, 0.1) is 11.0 Å². The Morgan fingerprint density at radius 2 is 2.00 bits per heavy atom. The van der Waals surface area contributed by atoms with Crippen molar-refractivity contribution in [1.82, 2.24) is 14.5 Å². The monoisotopic (exact) mass is 335 g/mol. The molecule has 5 heteroatoms. The Hall–Kier alpha value is -2.69. The van der Waals surface area contributed by atoms with Crippen molar-refractivity contribution < 1.29 is 4.79 Å². The first kappa shape index (κ1) is 15.8. The molecule has 2 aromatic heterocycles. The highest BCUT2D eigenvalue weighted by Crippen LogP contribution is 2.34. The van der Waals surface area contributed by atoms with E-state index in [0.29, 0.717) is 11.1 Å². The third-order valence-corrected chi connectivity index (χ3v) is 4.98. The summed E-state index contributed by atoms with van der Waals surface area (Å²) in [6.07, 6.45) is 4.23. The standard InChI is InChI=1S/C20H21N3O2/c1-11-6-16(9-21-20(11)25)15-7-17(12(2)24)19-18(8-15)23(13(3)22-19)10-14-4-5-14/h6-9,14H,4-5,10H2,1-3H3,(H,21,25). The predicted molar refractivity (Wildman–Crippen MR) is 98.0 cm³/mol. The van der Waals surface area contributed by atoms with Crippen LogP contribution in [0.25, 0.3) is 22.2 Å². The molecular weight excluding hydrogens is 314 g/mol. The number of carbonyl (C=O) groups is 1. The summed E-state index contributed by atoms with van der Waals surface area (Å²) in [6, 6.07) is 5.82. The summed E-state index contributed by atoms with van der Waals surface area (Å²) in [5.41, 5.74) is 4.80. The minimum absolute atomic E-state index is 0.00377. The van der Waals surface area contributed by atoms with Gasteiger partial charge in [0.1, 0.15) is 5.82 Å². The quantitative estimate of drug-likeness (QED) is 0.741. The van der Waals surface area contributed by atoms with Crippen LogP contribution in [0.2, 0.25) is 0 Å². The number of hydrogen-bond donors (Lipinski definition) is 1. The molecular formula is C20H21N3O2. The maximum atomic E-state index is 12.2. The number of imidazole rings is 1. The van der Waals surface area contributed by atoms with Crippen molar-refractivity contribution in [3.63, 3.8) is 0 Å². The number of pyridine rings is 1. The topological polar surface area (TPSA) is 67.8 Å². The second kappa shape index (κ2) is 5.69. The molecule has 25 heavy (non-hydrogen) atoms. The number of nitrogens with one attached hydrogen (secondary N) is 1. The predicted octanol–water partition coefficient (Wildman–Crippen LogP) is 3.62. The molecule has 128 valence electrons. The van der Waals surface area contributed by atoms with E-state index in [1.807, 2.05) is 19.1 Å². The van der Waals surface area contributed by atoms with Gasteiger partial charge in [0.15, 0.2) is 5.78 Å². The highest BCUT2D eigenvalue weighted by atomic mass is 16.1. The fourth-order valence-corrected chi connectivity index (χ4v) is 3.33. The Labute approximate surface area is 145 Å². The van der Waals surface area contributed by atoms with Gasteiger partial charge in [0, 0.05) is 23.9 Å². The number of rotatable bonds is 4. The van der Waals surface area contributed by atoms with Gasteiger partial charge in [-0.2, -0.15) is 0 Å². The van der Waals surface area contributed by atoms with Gasteiger partial charge in [-0.15, -0.1) is 0 Å². The Balaban J connectivity index is 1.96. The highest BCUT2D eigenvalue weighted by molar-refractivity contribution is 6.06. The number of carbonyl (C=O) groups excluding carboxylic acids is 1. The van der Waals surface area contributed by atoms with Crippen LogP contribution in [0, 0.1) is 19.8 Å². The number of aromatic nitrogens is 3. The molecule has 4 rings (SSSR count). The summed E-state index contributed by atoms with van der Waals surface area (Å²) in [5, 5.41) is 0. The zero-order chi connectivity index (χ0) is 17.7. The van der Waals surface area contributed by atoms with E-state index in [1.54, 1.807) is 20.0 Å². The molecule has 0 atom stereocenters. The largest absolute Gasteiger partial charge is 0.328 e. The maximum absolute atomic E-state index is 12.2. The van der Waals surface area contributed by atoms with Gasteiger partial charge >= 0.3 is 0 Å². The first-order valence-corrected chi connectivity index (χ1v) is 8.65. The molecule has 2 heterocycles. The van der Waals surface area contributed by atoms with Crippen molar-refractivity contribution in [2.24, 2.45) is 5.92 Å². The van der Waals surface area contributed by atoms with Crippen molar-refractivity contribution in [3.8, 4) is 11.1 Å². The molecule has 1 aliphatic rings. The fourth-order valence-electron chi connectivity index (χ4n) is 3.33. The second-order valence-electron chi connectivity index (χ2n) is 7.06. The molecule has 0 bridgehead atoms. The van der Waals surface area contributed by atoms with Gasteiger partial charge in [0.2, 0.25) is 0 Å². The van der Waals surface area contributed by atoms with E-state index < -0.39 is 0 Å². The lowest BCUT2D eigenvalue weighted by Gasteiger charge is -2.09. The van der Waals surface area contributed by atoms with Crippen LogP contribution in [-0.2, 0) is 6.54 Å². The lowest BCUT2D eigenvalue weighted by molar-refractivity contribution is 0.101. The summed E-state index contributed by atoms with van der Waals surface area (Å²) < 4.78 is 2.22. The molecule has 0 unspecified atom stereocenters. The average molecular weight is 335 g/mol. The molecule has 0 saturated heterocycles. The molecule has 1 fully saturated rings. The number of Topliss-reactive ketones (excluding diaryl/α,β-unsaturated/α-hetero) is 1. The van der Waals surface area contributed by atoms with Crippen LogP contribution in [0.3, 0.4) is 0 Å². The third kappa shape index (κ3) is 2.80. The maximum Gasteiger partial charge on any atom is 0.250 e. The van der Waals surface area contributed by atoms with Gasteiger partial charge in [-0.1, -0.05) is 0 Å². The van der Waals surface area contributed by atoms with Crippen LogP contribution < -0.4 is 5.56 Å². The third-order valence-electron chi connectivity index (χ3n) is 4.98. The summed E-state index contributed by atoms with van der Waals surface area (Å²) in [6.45, 7) is 6.31. The van der Waals surface area contributed by atoms with Gasteiger partial charge in [-0.3, -0.25) is 9.59 Å². The normalized spacial score (nSPS) is 14.2. The first-order chi connectivity index (χ1) is 11.9. The van der Waals surface area contributed by atoms with Crippen LogP contribution in [0.5, 0.6) is 0 Å². The number of nitrogens with zero attached hydrogens (tertiary/aromatic N) is 2. The number of H-pyrrole nitrogens is 1. The first-order valence-electron chi connectivity index (χ1n) is 8.65. The van der Waals surface area contributed by atoms with E-state index in [9.17, 15) is 9.59 Å². The van der Waals surface area contributed by atoms with Crippen LogP contribution in [0.1, 0.15) is 41.5 Å². The van der Waals surface area contributed by atoms with Gasteiger partial charge in [0.25, 0.3) is 5.56 Å². The number of aromatic amines is 1. The van der Waals surface area contributed by atoms with Gasteiger partial charge < -0.3 is 9.55 Å². The Kier molecular flexibility index (Phi) is 3.60. The van der Waals surface area contributed by atoms with Crippen molar-refractivity contribution in [1.29, 1.82) is 0 Å². The number of aryl methyl sites for hydroxylation is 2. The van der Waals surface area contributed by atoms with Crippen molar-refractivity contribution in [3.05, 3.63) is 51.7 Å². The number of benzene rings is 1. The van der Waals surface area contributed by atoms with E-state index >= 15 is 0 Å².